The van der Waals surface area contributed by atoms with Gasteiger partial charge in [-0.3, -0.25) is 0 Å². The monoisotopic (exact) mass is 899 g/mol. The lowest BCUT2D eigenvalue weighted by atomic mass is 9.90. The number of benzene rings is 13. The molecule has 15 aromatic rings. The van der Waals surface area contributed by atoms with E-state index in [1.807, 2.05) is 0 Å². The Balaban J connectivity index is 1.02. The molecule has 0 unspecified atom stereocenters. The van der Waals surface area contributed by atoms with Gasteiger partial charge >= 0.3 is 0 Å². The van der Waals surface area contributed by atoms with Crippen molar-refractivity contribution >= 4 is 86.4 Å². The summed E-state index contributed by atoms with van der Waals surface area (Å²) in [5.74, 6) is 0.684. The molecule has 0 spiro atoms. The van der Waals surface area contributed by atoms with Crippen LogP contribution >= 0.6 is 0 Å². The zero-order valence-corrected chi connectivity index (χ0v) is 38.5. The van der Waals surface area contributed by atoms with Crippen LogP contribution in [0.3, 0.4) is 0 Å². The summed E-state index contributed by atoms with van der Waals surface area (Å²) < 4.78 is 2.45. The molecular formula is C68H41N3. The van der Waals surface area contributed by atoms with E-state index >= 15 is 0 Å². The highest BCUT2D eigenvalue weighted by molar-refractivity contribution is 6.27. The topological polar surface area (TPSA) is 30.7 Å². The standard InChI is InChI=1S/C68H41N3/c1-3-14-42(15-4-1)48-31-34-59-58-24-11-12-25-64(58)71(65(59)40-48)51-37-49(47-30-32-56-54-22-8-7-20-52(54)53-21-9-10-23-55(53)61(56)39-47)36-50(38-51)62-41-63(70-68(69-62)46-16-5-2-6-17-46)57-33-28-45-27-26-43-18-13-19-44-29-35-60(57)67(45)66(43)44/h1-41H. The molecule has 0 saturated carbocycles. The van der Waals surface area contributed by atoms with Crippen molar-refractivity contribution in [3.63, 3.8) is 0 Å². The number of hydrogen-bond donors (Lipinski definition) is 0. The molecule has 0 amide bonds. The fraction of sp³-hybridized carbons (Fsp3) is 0. The lowest BCUT2D eigenvalue weighted by Crippen LogP contribution is -1.99. The molecule has 2 heterocycles. The minimum atomic E-state index is 0.684. The van der Waals surface area contributed by atoms with Gasteiger partial charge in [0.25, 0.3) is 0 Å². The molecule has 15 rings (SSSR count). The van der Waals surface area contributed by atoms with E-state index < -0.39 is 0 Å². The second-order valence-corrected chi connectivity index (χ2v) is 18.9. The maximum atomic E-state index is 5.50. The fourth-order valence-electron chi connectivity index (χ4n) is 11.6. The van der Waals surface area contributed by atoms with Gasteiger partial charge in [0.15, 0.2) is 5.82 Å². The highest BCUT2D eigenvalue weighted by Gasteiger charge is 2.20. The SMILES string of the molecule is c1ccc(-c2ccc3c4ccccc4n(-c4cc(-c5ccc6c7ccccc7c7ccccc7c6c5)cc(-c5cc(-c6ccc7ccc8cccc9ccc6c7c89)nc(-c6ccccc6)n5)c4)c3c2)cc1. The normalized spacial score (nSPS) is 11.9. The second kappa shape index (κ2) is 15.5. The van der Waals surface area contributed by atoms with Crippen molar-refractivity contribution in [1.29, 1.82) is 0 Å². The Bertz CT molecular complexity index is 4570. The molecular weight excluding hydrogens is 859 g/mol. The molecule has 2 aromatic heterocycles. The van der Waals surface area contributed by atoms with Crippen LogP contribution in [0, 0.1) is 0 Å². The summed E-state index contributed by atoms with van der Waals surface area (Å²) in [5, 5.41) is 17.4. The van der Waals surface area contributed by atoms with Crippen molar-refractivity contribution in [2.24, 2.45) is 0 Å². The van der Waals surface area contributed by atoms with Gasteiger partial charge in [-0.25, -0.2) is 9.97 Å². The fourth-order valence-corrected chi connectivity index (χ4v) is 11.6. The number of hydrogen-bond acceptors (Lipinski definition) is 2. The van der Waals surface area contributed by atoms with Crippen molar-refractivity contribution in [2.75, 3.05) is 0 Å². The molecule has 0 aliphatic rings. The summed E-state index contributed by atoms with van der Waals surface area (Å²) in [7, 11) is 0. The molecule has 0 N–H and O–H groups in total. The summed E-state index contributed by atoms with van der Waals surface area (Å²) in [6.45, 7) is 0. The van der Waals surface area contributed by atoms with Crippen molar-refractivity contribution in [3.8, 4) is 61.8 Å². The van der Waals surface area contributed by atoms with Crippen LogP contribution in [0.2, 0.25) is 0 Å². The maximum absolute atomic E-state index is 5.50. The molecule has 0 atom stereocenters. The Kier molecular flexibility index (Phi) is 8.66. The van der Waals surface area contributed by atoms with Crippen LogP contribution in [-0.2, 0) is 0 Å². The zero-order chi connectivity index (χ0) is 46.6. The average Bonchev–Trinajstić information content (AvgIpc) is 3.78. The van der Waals surface area contributed by atoms with Crippen molar-refractivity contribution in [1.82, 2.24) is 14.5 Å². The Morgan fingerprint density at radius 1 is 0.254 bits per heavy atom. The van der Waals surface area contributed by atoms with Gasteiger partial charge in [0.1, 0.15) is 0 Å². The summed E-state index contributed by atoms with van der Waals surface area (Å²) in [6, 6.07) is 90.8. The highest BCUT2D eigenvalue weighted by Crippen LogP contribution is 2.43. The smallest absolute Gasteiger partial charge is 0.160 e. The molecule has 0 fully saturated rings. The van der Waals surface area contributed by atoms with E-state index in [9.17, 15) is 0 Å². The van der Waals surface area contributed by atoms with Crippen molar-refractivity contribution in [3.05, 3.63) is 249 Å². The summed E-state index contributed by atoms with van der Waals surface area (Å²) in [4.78, 5) is 10.9. The minimum absolute atomic E-state index is 0.684. The number of para-hydroxylation sites is 1. The first-order valence-corrected chi connectivity index (χ1v) is 24.4. The number of nitrogens with zero attached hydrogens (tertiary/aromatic N) is 3. The number of aromatic nitrogens is 3. The Morgan fingerprint density at radius 3 is 1.51 bits per heavy atom. The van der Waals surface area contributed by atoms with Crippen LogP contribution in [0.1, 0.15) is 0 Å². The Labute approximate surface area is 409 Å². The number of fused-ring (bicyclic) bond motifs is 9. The highest BCUT2D eigenvalue weighted by atomic mass is 15.0. The Hall–Kier alpha value is -9.44. The van der Waals surface area contributed by atoms with Crippen LogP contribution in [-0.4, -0.2) is 14.5 Å². The summed E-state index contributed by atoms with van der Waals surface area (Å²) in [6.07, 6.45) is 0. The first-order valence-electron chi connectivity index (χ1n) is 24.4. The van der Waals surface area contributed by atoms with Gasteiger partial charge in [-0.2, -0.15) is 0 Å². The van der Waals surface area contributed by atoms with Gasteiger partial charge in [0.2, 0.25) is 0 Å². The summed E-state index contributed by atoms with van der Waals surface area (Å²) in [5.41, 5.74) is 12.7. The predicted molar refractivity (Wildman–Crippen MR) is 300 cm³/mol. The first-order chi connectivity index (χ1) is 35.2. The van der Waals surface area contributed by atoms with E-state index in [1.165, 1.54) is 86.5 Å². The van der Waals surface area contributed by atoms with E-state index in [2.05, 4.69) is 253 Å². The van der Waals surface area contributed by atoms with E-state index in [0.717, 1.165) is 55.9 Å². The van der Waals surface area contributed by atoms with Gasteiger partial charge < -0.3 is 4.57 Å². The largest absolute Gasteiger partial charge is 0.309 e. The molecule has 328 valence electrons. The third-order valence-corrected chi connectivity index (χ3v) is 14.9. The lowest BCUT2D eigenvalue weighted by molar-refractivity contribution is 1.17. The minimum Gasteiger partial charge on any atom is -0.309 e. The van der Waals surface area contributed by atoms with Gasteiger partial charge in [-0.15, -0.1) is 0 Å². The molecule has 71 heavy (non-hydrogen) atoms. The molecule has 0 bridgehead atoms. The second-order valence-electron chi connectivity index (χ2n) is 18.9. The molecule has 3 nitrogen and oxygen atoms in total. The zero-order valence-electron chi connectivity index (χ0n) is 38.5. The van der Waals surface area contributed by atoms with Gasteiger partial charge in [-0.1, -0.05) is 206 Å². The van der Waals surface area contributed by atoms with Crippen molar-refractivity contribution in [2.45, 2.75) is 0 Å². The van der Waals surface area contributed by atoms with Crippen LogP contribution in [0.4, 0.5) is 0 Å². The molecule has 0 saturated heterocycles. The quantitative estimate of drug-likeness (QED) is 0.156. The van der Waals surface area contributed by atoms with Crippen LogP contribution in [0.15, 0.2) is 249 Å². The average molecular weight is 900 g/mol. The molecule has 0 aliphatic heterocycles. The third kappa shape index (κ3) is 6.23. The van der Waals surface area contributed by atoms with Gasteiger partial charge in [0, 0.05) is 33.2 Å². The molecule has 0 aliphatic carbocycles. The van der Waals surface area contributed by atoms with Gasteiger partial charge in [-0.05, 0) is 129 Å². The van der Waals surface area contributed by atoms with E-state index in [-0.39, 0.29) is 0 Å². The molecule has 3 heteroatoms. The predicted octanol–water partition coefficient (Wildman–Crippen LogP) is 18.3. The molecule has 13 aromatic carbocycles. The van der Waals surface area contributed by atoms with E-state index in [4.69, 9.17) is 9.97 Å². The van der Waals surface area contributed by atoms with Crippen LogP contribution in [0.25, 0.3) is 148 Å². The lowest BCUT2D eigenvalue weighted by Gasteiger charge is -2.17. The van der Waals surface area contributed by atoms with E-state index in [1.54, 1.807) is 0 Å². The Morgan fingerprint density at radius 2 is 0.775 bits per heavy atom. The van der Waals surface area contributed by atoms with Crippen LogP contribution < -0.4 is 0 Å². The van der Waals surface area contributed by atoms with Crippen molar-refractivity contribution < 1.29 is 0 Å². The number of rotatable bonds is 6. The van der Waals surface area contributed by atoms with E-state index in [0.29, 0.717) is 5.82 Å². The summed E-state index contributed by atoms with van der Waals surface area (Å²) >= 11 is 0. The third-order valence-electron chi connectivity index (χ3n) is 14.9. The maximum Gasteiger partial charge on any atom is 0.160 e. The first kappa shape index (κ1) is 39.5. The van der Waals surface area contributed by atoms with Gasteiger partial charge in [0.05, 0.1) is 22.4 Å². The van der Waals surface area contributed by atoms with Crippen LogP contribution in [0.5, 0.6) is 0 Å². The molecule has 0 radical (unpaired) electrons.